The lowest BCUT2D eigenvalue weighted by molar-refractivity contribution is -0.126. The van der Waals surface area contributed by atoms with Crippen LogP contribution in [0.3, 0.4) is 0 Å². The number of anilines is 1. The highest BCUT2D eigenvalue weighted by Gasteiger charge is 2.35. The van der Waals surface area contributed by atoms with Crippen molar-refractivity contribution in [1.29, 1.82) is 0 Å². The van der Waals surface area contributed by atoms with Gasteiger partial charge in [-0.15, -0.1) is 0 Å². The van der Waals surface area contributed by atoms with Gasteiger partial charge in [-0.2, -0.15) is 0 Å². The Labute approximate surface area is 160 Å². The van der Waals surface area contributed by atoms with Crippen molar-refractivity contribution >= 4 is 17.5 Å². The Morgan fingerprint density at radius 2 is 1.89 bits per heavy atom. The van der Waals surface area contributed by atoms with Gasteiger partial charge in [0.05, 0.1) is 5.92 Å². The van der Waals surface area contributed by atoms with Gasteiger partial charge in [-0.05, 0) is 43.2 Å². The van der Waals surface area contributed by atoms with E-state index in [1.54, 1.807) is 4.90 Å². The Balaban J connectivity index is 1.58. The van der Waals surface area contributed by atoms with Gasteiger partial charge >= 0.3 is 0 Å². The van der Waals surface area contributed by atoms with Crippen molar-refractivity contribution in [3.05, 3.63) is 60.2 Å². The average molecular weight is 366 g/mol. The van der Waals surface area contributed by atoms with Crippen LogP contribution in [0.5, 0.6) is 5.75 Å². The maximum atomic E-state index is 12.4. The lowest BCUT2D eigenvalue weighted by Crippen LogP contribution is -2.38. The summed E-state index contributed by atoms with van der Waals surface area (Å²) in [6.45, 7) is 4.92. The first kappa shape index (κ1) is 19.0. The third kappa shape index (κ3) is 4.88. The van der Waals surface area contributed by atoms with Crippen molar-refractivity contribution in [3.63, 3.8) is 0 Å². The highest BCUT2D eigenvalue weighted by Crippen LogP contribution is 2.27. The normalized spacial score (nSPS) is 17.6. The summed E-state index contributed by atoms with van der Waals surface area (Å²) in [7, 11) is 0. The molecule has 3 rings (SSSR count). The van der Waals surface area contributed by atoms with Gasteiger partial charge in [0.25, 0.3) is 0 Å². The van der Waals surface area contributed by atoms with Crippen molar-refractivity contribution in [2.75, 3.05) is 11.4 Å². The Morgan fingerprint density at radius 3 is 2.56 bits per heavy atom. The molecule has 1 aliphatic rings. The van der Waals surface area contributed by atoms with E-state index in [4.69, 9.17) is 4.74 Å². The number of carbonyl (C=O) groups is 2. The summed E-state index contributed by atoms with van der Waals surface area (Å²) in [6.07, 6.45) is 1.13. The third-order valence-corrected chi connectivity index (χ3v) is 4.89. The summed E-state index contributed by atoms with van der Waals surface area (Å²) in [5.74, 6) is 0.404. The number of nitrogens with zero attached hydrogens (tertiary/aromatic N) is 1. The molecule has 1 aliphatic heterocycles. The Kier molecular flexibility index (Phi) is 6.12. The van der Waals surface area contributed by atoms with Crippen LogP contribution < -0.4 is 15.0 Å². The molecule has 5 heteroatoms. The molecule has 1 heterocycles. The highest BCUT2D eigenvalue weighted by atomic mass is 16.5. The van der Waals surface area contributed by atoms with Gasteiger partial charge in [0.2, 0.25) is 11.8 Å². The number of hydrogen-bond donors (Lipinski definition) is 1. The van der Waals surface area contributed by atoms with E-state index in [2.05, 4.69) is 5.32 Å². The zero-order valence-electron chi connectivity index (χ0n) is 15.9. The van der Waals surface area contributed by atoms with Crippen molar-refractivity contribution in [3.8, 4) is 5.75 Å². The molecule has 1 N–H and O–H groups in total. The second-order valence-electron chi connectivity index (χ2n) is 6.99. The first-order valence-corrected chi connectivity index (χ1v) is 9.44. The molecular formula is C22H26N2O3. The van der Waals surface area contributed by atoms with Crippen LogP contribution in [0.2, 0.25) is 0 Å². The molecule has 0 saturated carbocycles. The standard InChI is InChI=1S/C22H26N2O3/c1-3-16(2)23-22(26)18-13-21(25)24(14-18)19-9-11-20(12-10-19)27-15-17-7-5-4-6-8-17/h4-12,16,18H,3,13-15H2,1-2H3,(H,23,26). The number of carbonyl (C=O) groups excluding carboxylic acids is 2. The molecule has 2 atom stereocenters. The van der Waals surface area contributed by atoms with E-state index >= 15 is 0 Å². The molecule has 2 aromatic rings. The molecule has 142 valence electrons. The first-order chi connectivity index (χ1) is 13.1. The zero-order chi connectivity index (χ0) is 19.2. The maximum absolute atomic E-state index is 12.4. The summed E-state index contributed by atoms with van der Waals surface area (Å²) in [5, 5.41) is 2.97. The molecule has 5 nitrogen and oxygen atoms in total. The Bertz CT molecular complexity index is 774. The molecular weight excluding hydrogens is 340 g/mol. The second-order valence-corrected chi connectivity index (χ2v) is 6.99. The quantitative estimate of drug-likeness (QED) is 0.815. The lowest BCUT2D eigenvalue weighted by Gasteiger charge is -2.18. The number of hydrogen-bond acceptors (Lipinski definition) is 3. The van der Waals surface area contributed by atoms with Gasteiger partial charge in [-0.1, -0.05) is 37.3 Å². The molecule has 2 unspecified atom stereocenters. The molecule has 0 aromatic heterocycles. The van der Waals surface area contributed by atoms with E-state index in [-0.39, 0.29) is 30.2 Å². The minimum atomic E-state index is -0.291. The average Bonchev–Trinajstić information content (AvgIpc) is 3.09. The minimum Gasteiger partial charge on any atom is -0.489 e. The molecule has 0 spiro atoms. The summed E-state index contributed by atoms with van der Waals surface area (Å²) in [6, 6.07) is 17.5. The SMILES string of the molecule is CCC(C)NC(=O)C1CC(=O)N(c2ccc(OCc3ccccc3)cc2)C1. The number of ether oxygens (including phenoxy) is 1. The monoisotopic (exact) mass is 366 g/mol. The number of benzene rings is 2. The fourth-order valence-electron chi connectivity index (χ4n) is 3.06. The van der Waals surface area contributed by atoms with E-state index in [9.17, 15) is 9.59 Å². The Morgan fingerprint density at radius 1 is 1.19 bits per heavy atom. The molecule has 0 aliphatic carbocycles. The van der Waals surface area contributed by atoms with E-state index in [0.29, 0.717) is 13.2 Å². The summed E-state index contributed by atoms with van der Waals surface area (Å²) < 4.78 is 5.78. The Hall–Kier alpha value is -2.82. The number of amides is 2. The van der Waals surface area contributed by atoms with Gasteiger partial charge in [0.1, 0.15) is 12.4 Å². The van der Waals surface area contributed by atoms with Crippen molar-refractivity contribution in [2.24, 2.45) is 5.92 Å². The second kappa shape index (κ2) is 8.71. The summed E-state index contributed by atoms with van der Waals surface area (Å²) >= 11 is 0. The van der Waals surface area contributed by atoms with Crippen LogP contribution in [0.25, 0.3) is 0 Å². The zero-order valence-corrected chi connectivity index (χ0v) is 15.9. The molecule has 0 radical (unpaired) electrons. The van der Waals surface area contributed by atoms with Crippen LogP contribution >= 0.6 is 0 Å². The van der Waals surface area contributed by atoms with Crippen molar-refractivity contribution < 1.29 is 14.3 Å². The van der Waals surface area contributed by atoms with Crippen LogP contribution in [0.1, 0.15) is 32.3 Å². The molecule has 1 fully saturated rings. The number of nitrogens with one attached hydrogen (secondary N) is 1. The number of rotatable bonds is 7. The summed E-state index contributed by atoms with van der Waals surface area (Å²) in [4.78, 5) is 26.3. The smallest absolute Gasteiger partial charge is 0.227 e. The van der Waals surface area contributed by atoms with Gasteiger partial charge in [-0.25, -0.2) is 0 Å². The van der Waals surface area contributed by atoms with Crippen LogP contribution in [0.4, 0.5) is 5.69 Å². The molecule has 2 amide bonds. The third-order valence-electron chi connectivity index (χ3n) is 4.89. The topological polar surface area (TPSA) is 58.6 Å². The molecule has 0 bridgehead atoms. The van der Waals surface area contributed by atoms with Gasteiger partial charge in [0, 0.05) is 24.7 Å². The van der Waals surface area contributed by atoms with E-state index in [1.165, 1.54) is 0 Å². The van der Waals surface area contributed by atoms with Crippen LogP contribution in [0, 0.1) is 5.92 Å². The molecule has 27 heavy (non-hydrogen) atoms. The highest BCUT2D eigenvalue weighted by molar-refractivity contribution is 6.00. The van der Waals surface area contributed by atoms with Crippen molar-refractivity contribution in [2.45, 2.75) is 39.3 Å². The van der Waals surface area contributed by atoms with E-state index in [1.807, 2.05) is 68.4 Å². The van der Waals surface area contributed by atoms with Crippen molar-refractivity contribution in [1.82, 2.24) is 5.32 Å². The molecule has 2 aromatic carbocycles. The summed E-state index contributed by atoms with van der Waals surface area (Å²) in [5.41, 5.74) is 1.90. The van der Waals surface area contributed by atoms with Gasteiger partial charge in [0.15, 0.2) is 0 Å². The van der Waals surface area contributed by atoms with Crippen LogP contribution in [-0.2, 0) is 16.2 Å². The fourth-order valence-corrected chi connectivity index (χ4v) is 3.06. The fraction of sp³-hybridized carbons (Fsp3) is 0.364. The van der Waals surface area contributed by atoms with Crippen LogP contribution in [0.15, 0.2) is 54.6 Å². The first-order valence-electron chi connectivity index (χ1n) is 9.44. The predicted octanol–water partition coefficient (Wildman–Crippen LogP) is 3.53. The lowest BCUT2D eigenvalue weighted by atomic mass is 10.1. The largest absolute Gasteiger partial charge is 0.489 e. The van der Waals surface area contributed by atoms with Crippen LogP contribution in [-0.4, -0.2) is 24.4 Å². The van der Waals surface area contributed by atoms with Gasteiger partial charge < -0.3 is 15.0 Å². The maximum Gasteiger partial charge on any atom is 0.227 e. The predicted molar refractivity (Wildman–Crippen MR) is 106 cm³/mol. The van der Waals surface area contributed by atoms with E-state index < -0.39 is 0 Å². The molecule has 1 saturated heterocycles. The minimum absolute atomic E-state index is 0.0164. The van der Waals surface area contributed by atoms with E-state index in [0.717, 1.165) is 23.4 Å². The van der Waals surface area contributed by atoms with Gasteiger partial charge in [-0.3, -0.25) is 9.59 Å².